The van der Waals surface area contributed by atoms with E-state index < -0.39 is 0 Å². The highest BCUT2D eigenvalue weighted by Crippen LogP contribution is 2.30. The van der Waals surface area contributed by atoms with Gasteiger partial charge in [-0.2, -0.15) is 0 Å². The molecule has 0 bridgehead atoms. The lowest BCUT2D eigenvalue weighted by Gasteiger charge is -2.45. The van der Waals surface area contributed by atoms with Gasteiger partial charge in [0.25, 0.3) is 0 Å². The molecule has 2 aromatic rings. The second-order valence-corrected chi connectivity index (χ2v) is 9.40. The van der Waals surface area contributed by atoms with E-state index in [4.69, 9.17) is 0 Å². The third-order valence-electron chi connectivity index (χ3n) is 6.58. The van der Waals surface area contributed by atoms with Crippen molar-refractivity contribution in [1.29, 1.82) is 0 Å². The van der Waals surface area contributed by atoms with Crippen LogP contribution in [0.2, 0.25) is 0 Å². The van der Waals surface area contributed by atoms with Crippen molar-refractivity contribution in [2.45, 2.75) is 44.7 Å². The summed E-state index contributed by atoms with van der Waals surface area (Å²) in [5.74, 6) is 0. The van der Waals surface area contributed by atoms with E-state index >= 15 is 0 Å². The van der Waals surface area contributed by atoms with E-state index in [0.29, 0.717) is 0 Å². The van der Waals surface area contributed by atoms with Crippen molar-refractivity contribution < 1.29 is 0 Å². The average molecular weight is 384 g/mol. The van der Waals surface area contributed by atoms with Crippen molar-refractivity contribution in [1.82, 2.24) is 20.0 Å². The van der Waals surface area contributed by atoms with Gasteiger partial charge in [0.1, 0.15) is 10.0 Å². The van der Waals surface area contributed by atoms with Crippen molar-refractivity contribution in [3.05, 3.63) is 29.3 Å². The van der Waals surface area contributed by atoms with Gasteiger partial charge in [-0.05, 0) is 51.3 Å². The zero-order chi connectivity index (χ0) is 18.2. The summed E-state index contributed by atoms with van der Waals surface area (Å²) >= 11 is 1.67. The van der Waals surface area contributed by atoms with Crippen molar-refractivity contribution in [3.63, 3.8) is 0 Å². The van der Waals surface area contributed by atoms with Crippen molar-refractivity contribution in [2.75, 3.05) is 44.2 Å². The highest BCUT2D eigenvalue weighted by molar-refractivity contribution is 7.14. The van der Waals surface area contributed by atoms with Gasteiger partial charge in [0, 0.05) is 56.1 Å². The van der Waals surface area contributed by atoms with Gasteiger partial charge in [0.2, 0.25) is 0 Å². The van der Waals surface area contributed by atoms with Crippen LogP contribution in [0.1, 0.15) is 30.7 Å². The summed E-state index contributed by atoms with van der Waals surface area (Å²) in [6, 6.07) is 10.5. The number of fused-ring (bicyclic) bond motifs is 1. The van der Waals surface area contributed by atoms with E-state index in [2.05, 4.69) is 49.2 Å². The lowest BCUT2D eigenvalue weighted by Crippen LogP contribution is -2.55. The highest BCUT2D eigenvalue weighted by Gasteiger charge is 2.34. The predicted molar refractivity (Wildman–Crippen MR) is 111 cm³/mol. The minimum atomic E-state index is 0.776. The molecular formula is C21H29N5S. The first-order chi connectivity index (χ1) is 13.3. The Morgan fingerprint density at radius 3 is 2.59 bits per heavy atom. The largest absolute Gasteiger partial charge is 0.371 e. The zero-order valence-corrected chi connectivity index (χ0v) is 17.0. The number of aryl methyl sites for hydroxylation is 1. The lowest BCUT2D eigenvalue weighted by molar-refractivity contribution is 0.0623. The fourth-order valence-electron chi connectivity index (χ4n) is 5.08. The molecule has 5 rings (SSSR count). The topological polar surface area (TPSA) is 35.5 Å². The maximum atomic E-state index is 4.31. The SMILES string of the molecule is Cc1nnc(-c2cccc(N3CCC(N4CCN5CCCC5C4)CC3)c2)s1. The van der Waals surface area contributed by atoms with Crippen LogP contribution in [0, 0.1) is 6.92 Å². The van der Waals surface area contributed by atoms with Crippen LogP contribution in [-0.4, -0.2) is 71.3 Å². The molecule has 0 aliphatic carbocycles. The summed E-state index contributed by atoms with van der Waals surface area (Å²) in [6.45, 7) is 9.53. The minimum Gasteiger partial charge on any atom is -0.371 e. The molecule has 0 amide bonds. The quantitative estimate of drug-likeness (QED) is 0.813. The molecule has 1 aromatic heterocycles. The Balaban J connectivity index is 1.22. The Bertz CT molecular complexity index is 782. The first kappa shape index (κ1) is 17.6. The predicted octanol–water partition coefficient (Wildman–Crippen LogP) is 3.26. The summed E-state index contributed by atoms with van der Waals surface area (Å²) in [5.41, 5.74) is 2.52. The van der Waals surface area contributed by atoms with E-state index in [1.165, 1.54) is 63.1 Å². The zero-order valence-electron chi connectivity index (χ0n) is 16.2. The fourth-order valence-corrected chi connectivity index (χ4v) is 5.77. The van der Waals surface area contributed by atoms with E-state index in [9.17, 15) is 0 Å². The maximum Gasteiger partial charge on any atom is 0.147 e. The van der Waals surface area contributed by atoms with Crippen LogP contribution in [0.15, 0.2) is 24.3 Å². The summed E-state index contributed by atoms with van der Waals surface area (Å²) in [5, 5.41) is 10.5. The molecule has 0 spiro atoms. The summed E-state index contributed by atoms with van der Waals surface area (Å²) < 4.78 is 0. The van der Waals surface area contributed by atoms with E-state index in [1.54, 1.807) is 11.3 Å². The molecule has 6 heteroatoms. The number of rotatable bonds is 3. The molecular weight excluding hydrogens is 354 g/mol. The molecule has 3 aliphatic rings. The van der Waals surface area contributed by atoms with Gasteiger partial charge in [-0.15, -0.1) is 10.2 Å². The summed E-state index contributed by atoms with van der Waals surface area (Å²) in [4.78, 5) is 8.07. The standard InChI is InChI=1S/C21H29N5S/c1-16-22-23-21(27-16)17-4-2-5-19(14-17)25-10-7-18(8-11-25)26-13-12-24-9-3-6-20(24)15-26/h2,4-5,14,18,20H,3,6-13,15H2,1H3. The Hall–Kier alpha value is -1.50. The fraction of sp³-hybridized carbons (Fsp3) is 0.619. The van der Waals surface area contributed by atoms with Crippen LogP contribution in [0.4, 0.5) is 5.69 Å². The second kappa shape index (κ2) is 7.49. The molecule has 144 valence electrons. The summed E-state index contributed by atoms with van der Waals surface area (Å²) in [6.07, 6.45) is 5.39. The number of anilines is 1. The smallest absolute Gasteiger partial charge is 0.147 e. The van der Waals surface area contributed by atoms with Crippen molar-refractivity contribution in [2.24, 2.45) is 0 Å². The molecule has 0 N–H and O–H groups in total. The van der Waals surface area contributed by atoms with E-state index in [-0.39, 0.29) is 0 Å². The highest BCUT2D eigenvalue weighted by atomic mass is 32.1. The van der Waals surface area contributed by atoms with Crippen LogP contribution in [-0.2, 0) is 0 Å². The van der Waals surface area contributed by atoms with Gasteiger partial charge in [-0.1, -0.05) is 23.5 Å². The number of hydrogen-bond acceptors (Lipinski definition) is 6. The second-order valence-electron chi connectivity index (χ2n) is 8.22. The molecule has 4 heterocycles. The lowest BCUT2D eigenvalue weighted by atomic mass is 10.00. The van der Waals surface area contributed by atoms with E-state index in [1.807, 2.05) is 6.92 Å². The first-order valence-electron chi connectivity index (χ1n) is 10.4. The number of hydrogen-bond donors (Lipinski definition) is 0. The monoisotopic (exact) mass is 383 g/mol. The average Bonchev–Trinajstić information content (AvgIpc) is 3.36. The number of nitrogens with zero attached hydrogens (tertiary/aromatic N) is 5. The molecule has 3 aliphatic heterocycles. The molecule has 0 saturated carbocycles. The number of piperidine rings is 1. The Morgan fingerprint density at radius 1 is 0.926 bits per heavy atom. The number of aromatic nitrogens is 2. The molecule has 3 fully saturated rings. The van der Waals surface area contributed by atoms with Gasteiger partial charge in [-0.3, -0.25) is 9.80 Å². The third-order valence-corrected chi connectivity index (χ3v) is 7.47. The molecule has 27 heavy (non-hydrogen) atoms. The van der Waals surface area contributed by atoms with Crippen LogP contribution in [0.25, 0.3) is 10.6 Å². The first-order valence-corrected chi connectivity index (χ1v) is 11.2. The van der Waals surface area contributed by atoms with Crippen LogP contribution >= 0.6 is 11.3 Å². The van der Waals surface area contributed by atoms with Gasteiger partial charge in [0.05, 0.1) is 0 Å². The van der Waals surface area contributed by atoms with Crippen molar-refractivity contribution in [3.8, 4) is 10.6 Å². The molecule has 1 atom stereocenters. The Labute approximate surface area is 166 Å². The minimum absolute atomic E-state index is 0.776. The number of piperazine rings is 1. The van der Waals surface area contributed by atoms with Gasteiger partial charge >= 0.3 is 0 Å². The van der Waals surface area contributed by atoms with Crippen molar-refractivity contribution >= 4 is 17.0 Å². The van der Waals surface area contributed by atoms with Gasteiger partial charge in [0.15, 0.2) is 0 Å². The summed E-state index contributed by atoms with van der Waals surface area (Å²) in [7, 11) is 0. The Kier molecular flexibility index (Phi) is 4.88. The molecule has 0 radical (unpaired) electrons. The molecule has 1 unspecified atom stereocenters. The maximum absolute atomic E-state index is 4.31. The normalized spacial score (nSPS) is 25.1. The van der Waals surface area contributed by atoms with Crippen LogP contribution in [0.3, 0.4) is 0 Å². The third kappa shape index (κ3) is 3.62. The van der Waals surface area contributed by atoms with Gasteiger partial charge in [-0.25, -0.2) is 0 Å². The van der Waals surface area contributed by atoms with E-state index in [0.717, 1.165) is 35.2 Å². The molecule has 3 saturated heterocycles. The molecule has 1 aromatic carbocycles. The van der Waals surface area contributed by atoms with Crippen LogP contribution in [0.5, 0.6) is 0 Å². The Morgan fingerprint density at radius 2 is 1.78 bits per heavy atom. The van der Waals surface area contributed by atoms with Gasteiger partial charge < -0.3 is 4.90 Å². The molecule has 5 nitrogen and oxygen atoms in total. The number of benzene rings is 1. The van der Waals surface area contributed by atoms with Crippen LogP contribution < -0.4 is 4.90 Å².